The second-order valence-electron chi connectivity index (χ2n) is 6.96. The summed E-state index contributed by atoms with van der Waals surface area (Å²) in [6.45, 7) is 2.20. The van der Waals surface area contributed by atoms with Crippen molar-refractivity contribution >= 4 is 5.97 Å². The van der Waals surface area contributed by atoms with E-state index in [1.165, 1.54) is 26.4 Å². The Morgan fingerprint density at radius 1 is 1.08 bits per heavy atom. The highest BCUT2D eigenvalue weighted by molar-refractivity contribution is 5.68. The van der Waals surface area contributed by atoms with Crippen LogP contribution in [0.2, 0.25) is 0 Å². The van der Waals surface area contributed by atoms with Gasteiger partial charge in [-0.3, -0.25) is 10.1 Å². The fraction of sp³-hybridized carbons (Fsp3) is 0.947. The fourth-order valence-electron chi connectivity index (χ4n) is 3.22. The molecule has 6 heteroatoms. The molecule has 0 saturated carbocycles. The van der Waals surface area contributed by atoms with Crippen LogP contribution in [0.25, 0.3) is 0 Å². The highest BCUT2D eigenvalue weighted by Gasteiger charge is 2.34. The second kappa shape index (κ2) is 14.5. The lowest BCUT2D eigenvalue weighted by molar-refractivity contribution is -0.352. The number of methoxy groups -OCH3 is 1. The number of unbranched alkanes of at least 4 members (excludes halogenated alkanes) is 7. The van der Waals surface area contributed by atoms with Crippen molar-refractivity contribution in [3.05, 3.63) is 0 Å². The molecular formula is C19H36O6. The molecular weight excluding hydrogens is 324 g/mol. The van der Waals surface area contributed by atoms with Gasteiger partial charge in [-0.15, -0.1) is 0 Å². The Morgan fingerprint density at radius 3 is 2.52 bits per heavy atom. The predicted octanol–water partition coefficient (Wildman–Crippen LogP) is 4.81. The fourth-order valence-corrected chi connectivity index (χ4v) is 3.22. The average molecular weight is 360 g/mol. The van der Waals surface area contributed by atoms with Crippen LogP contribution in [-0.4, -0.2) is 36.6 Å². The minimum atomic E-state index is -0.323. The summed E-state index contributed by atoms with van der Waals surface area (Å²) in [7, 11) is 1.42. The summed E-state index contributed by atoms with van der Waals surface area (Å²) in [6, 6.07) is 0. The SMILES string of the molecule is CCCCCCC1CC(C(CCCCCCCC(=O)OC)OO)OO1. The normalized spacial score (nSPS) is 21.4. The van der Waals surface area contributed by atoms with E-state index in [2.05, 4.69) is 16.5 Å². The number of esters is 1. The van der Waals surface area contributed by atoms with Crippen LogP contribution in [-0.2, 0) is 24.2 Å². The van der Waals surface area contributed by atoms with E-state index in [0.29, 0.717) is 6.42 Å². The van der Waals surface area contributed by atoms with Crippen molar-refractivity contribution in [3.8, 4) is 0 Å². The zero-order chi connectivity index (χ0) is 18.3. The maximum absolute atomic E-state index is 11.0. The molecule has 25 heavy (non-hydrogen) atoms. The van der Waals surface area contributed by atoms with Gasteiger partial charge >= 0.3 is 5.97 Å². The maximum Gasteiger partial charge on any atom is 0.305 e. The molecule has 0 aromatic heterocycles. The number of carbonyl (C=O) groups is 1. The monoisotopic (exact) mass is 360 g/mol. The number of ether oxygens (including phenoxy) is 1. The summed E-state index contributed by atoms with van der Waals surface area (Å²) in [5.41, 5.74) is 0. The van der Waals surface area contributed by atoms with Gasteiger partial charge < -0.3 is 4.74 Å². The Bertz CT molecular complexity index is 336. The second-order valence-corrected chi connectivity index (χ2v) is 6.96. The van der Waals surface area contributed by atoms with Crippen LogP contribution in [0.1, 0.15) is 90.4 Å². The Kier molecular flexibility index (Phi) is 12.9. The van der Waals surface area contributed by atoms with E-state index in [4.69, 9.17) is 15.0 Å². The third kappa shape index (κ3) is 10.1. The number of hydrogen-bond acceptors (Lipinski definition) is 6. The molecule has 0 spiro atoms. The first-order chi connectivity index (χ1) is 12.2. The zero-order valence-electron chi connectivity index (χ0n) is 15.9. The van der Waals surface area contributed by atoms with Crippen molar-refractivity contribution in [3.63, 3.8) is 0 Å². The van der Waals surface area contributed by atoms with Crippen molar-refractivity contribution < 1.29 is 29.5 Å². The minimum Gasteiger partial charge on any atom is -0.469 e. The zero-order valence-corrected chi connectivity index (χ0v) is 15.9. The third-order valence-electron chi connectivity index (χ3n) is 4.84. The van der Waals surface area contributed by atoms with E-state index in [-0.39, 0.29) is 24.3 Å². The molecule has 0 radical (unpaired) electrons. The smallest absolute Gasteiger partial charge is 0.305 e. The van der Waals surface area contributed by atoms with E-state index in [1.54, 1.807) is 0 Å². The van der Waals surface area contributed by atoms with Crippen molar-refractivity contribution in [2.24, 2.45) is 0 Å². The first kappa shape index (κ1) is 22.4. The van der Waals surface area contributed by atoms with Gasteiger partial charge in [-0.1, -0.05) is 58.3 Å². The standard InChI is InChI=1S/C19H36O6/c1-3-4-5-9-12-16-15-18(25-24-16)17(23-21)13-10-7-6-8-11-14-19(20)22-2/h16-18,21H,3-15H2,1-2H3. The molecule has 6 nitrogen and oxygen atoms in total. The molecule has 1 aliphatic heterocycles. The van der Waals surface area contributed by atoms with E-state index >= 15 is 0 Å². The summed E-state index contributed by atoms with van der Waals surface area (Å²) < 4.78 is 4.62. The van der Waals surface area contributed by atoms with Gasteiger partial charge in [0.15, 0.2) is 0 Å². The topological polar surface area (TPSA) is 74.2 Å². The highest BCUT2D eigenvalue weighted by Crippen LogP contribution is 2.27. The molecule has 1 heterocycles. The first-order valence-corrected chi connectivity index (χ1v) is 9.90. The number of carbonyl (C=O) groups excluding carboxylic acids is 1. The minimum absolute atomic E-state index is 0.123. The molecule has 0 amide bonds. The Labute approximate surface area is 152 Å². The number of hydrogen-bond donors (Lipinski definition) is 1. The van der Waals surface area contributed by atoms with Crippen LogP contribution in [0.5, 0.6) is 0 Å². The van der Waals surface area contributed by atoms with Crippen LogP contribution >= 0.6 is 0 Å². The molecule has 0 aromatic carbocycles. The molecule has 0 aliphatic carbocycles. The van der Waals surface area contributed by atoms with E-state index < -0.39 is 0 Å². The van der Waals surface area contributed by atoms with E-state index in [9.17, 15) is 4.79 Å². The summed E-state index contributed by atoms with van der Waals surface area (Å²) >= 11 is 0. The Balaban J connectivity index is 2.07. The summed E-state index contributed by atoms with van der Waals surface area (Å²) in [5.74, 6) is -0.142. The van der Waals surface area contributed by atoms with E-state index in [1.807, 2.05) is 0 Å². The molecule has 1 saturated heterocycles. The summed E-state index contributed by atoms with van der Waals surface area (Å²) in [4.78, 5) is 26.4. The molecule has 1 N–H and O–H groups in total. The lowest BCUT2D eigenvalue weighted by Gasteiger charge is -2.17. The molecule has 1 rings (SSSR count). The first-order valence-electron chi connectivity index (χ1n) is 9.90. The maximum atomic E-state index is 11.0. The third-order valence-corrected chi connectivity index (χ3v) is 4.84. The number of rotatable bonds is 15. The van der Waals surface area contributed by atoms with Crippen LogP contribution in [0.3, 0.4) is 0 Å². The molecule has 3 atom stereocenters. The summed E-state index contributed by atoms with van der Waals surface area (Å²) in [6.07, 6.45) is 12.5. The lowest BCUT2D eigenvalue weighted by atomic mass is 9.98. The summed E-state index contributed by atoms with van der Waals surface area (Å²) in [5, 5.41) is 9.16. The van der Waals surface area contributed by atoms with Gasteiger partial charge in [0.05, 0.1) is 13.2 Å². The van der Waals surface area contributed by atoms with Gasteiger partial charge in [0.1, 0.15) is 12.2 Å². The lowest BCUT2D eigenvalue weighted by Crippen LogP contribution is -2.28. The largest absolute Gasteiger partial charge is 0.469 e. The van der Waals surface area contributed by atoms with Crippen LogP contribution in [0, 0.1) is 0 Å². The molecule has 0 bridgehead atoms. The average Bonchev–Trinajstić information content (AvgIpc) is 3.09. The molecule has 1 fully saturated rings. The molecule has 3 unspecified atom stereocenters. The molecule has 0 aromatic rings. The molecule has 1 aliphatic rings. The highest BCUT2D eigenvalue weighted by atomic mass is 17.2. The van der Waals surface area contributed by atoms with E-state index in [0.717, 1.165) is 57.8 Å². The van der Waals surface area contributed by atoms with Gasteiger partial charge in [-0.25, -0.2) is 14.7 Å². The van der Waals surface area contributed by atoms with Gasteiger partial charge in [-0.2, -0.15) is 0 Å². The van der Waals surface area contributed by atoms with Crippen molar-refractivity contribution in [1.82, 2.24) is 0 Å². The van der Waals surface area contributed by atoms with Gasteiger partial charge in [-0.05, 0) is 19.3 Å². The van der Waals surface area contributed by atoms with Gasteiger partial charge in [0, 0.05) is 12.8 Å². The van der Waals surface area contributed by atoms with Crippen LogP contribution < -0.4 is 0 Å². The van der Waals surface area contributed by atoms with Crippen LogP contribution in [0.4, 0.5) is 0 Å². The van der Waals surface area contributed by atoms with Crippen molar-refractivity contribution in [1.29, 1.82) is 0 Å². The molecule has 148 valence electrons. The van der Waals surface area contributed by atoms with Gasteiger partial charge in [0.25, 0.3) is 0 Å². The Hall–Kier alpha value is -0.690. The van der Waals surface area contributed by atoms with Crippen LogP contribution in [0.15, 0.2) is 0 Å². The quantitative estimate of drug-likeness (QED) is 0.195. The predicted molar refractivity (Wildman–Crippen MR) is 95.0 cm³/mol. The van der Waals surface area contributed by atoms with Crippen molar-refractivity contribution in [2.75, 3.05) is 7.11 Å². The Morgan fingerprint density at radius 2 is 1.80 bits per heavy atom. The van der Waals surface area contributed by atoms with Crippen molar-refractivity contribution in [2.45, 2.75) is 109 Å². The van der Waals surface area contributed by atoms with Gasteiger partial charge in [0.2, 0.25) is 0 Å².